The van der Waals surface area contributed by atoms with Gasteiger partial charge in [-0.2, -0.15) is 17.5 Å². The topological polar surface area (TPSA) is 57.7 Å². The van der Waals surface area contributed by atoms with Crippen LogP contribution in [-0.4, -0.2) is 49.7 Å². The molecule has 0 aromatic heterocycles. The molecule has 1 fully saturated rings. The third-order valence-electron chi connectivity index (χ3n) is 4.86. The summed E-state index contributed by atoms with van der Waals surface area (Å²) in [5.41, 5.74) is -0.932. The molecule has 0 bridgehead atoms. The Labute approximate surface area is 202 Å². The number of nitrogens with zero attached hydrogens (tertiary/aromatic N) is 2. The van der Waals surface area contributed by atoms with Gasteiger partial charge in [-0.15, -0.1) is 0 Å². The summed E-state index contributed by atoms with van der Waals surface area (Å²) in [5, 5.41) is -0.181. The van der Waals surface area contributed by atoms with Crippen molar-refractivity contribution in [3.63, 3.8) is 0 Å². The average Bonchev–Trinajstić information content (AvgIpc) is 2.69. The number of carbonyl (C=O) groups is 1. The van der Waals surface area contributed by atoms with Crippen LogP contribution in [-0.2, 0) is 27.4 Å². The van der Waals surface area contributed by atoms with Crippen LogP contribution in [0.1, 0.15) is 11.1 Å². The molecule has 0 atom stereocenters. The molecule has 2 aromatic rings. The standard InChI is InChI=1S/C19H15Cl4F3N2O3S/c20-12-7-13(21)9-14(8-12)32(30,31)28-3-1-27(2-4-28)18(29)10-15-16(22)5-11(6-17(15)23)19(24,25)26/h5-9H,1-4,10H2. The summed E-state index contributed by atoms with van der Waals surface area (Å²) in [4.78, 5) is 14.0. The van der Waals surface area contributed by atoms with Crippen molar-refractivity contribution in [1.29, 1.82) is 0 Å². The van der Waals surface area contributed by atoms with Crippen molar-refractivity contribution in [2.75, 3.05) is 26.2 Å². The van der Waals surface area contributed by atoms with E-state index in [2.05, 4.69) is 0 Å². The van der Waals surface area contributed by atoms with Gasteiger partial charge < -0.3 is 4.90 Å². The summed E-state index contributed by atoms with van der Waals surface area (Å²) in [5.74, 6) is -0.434. The van der Waals surface area contributed by atoms with Crippen molar-refractivity contribution >= 4 is 62.3 Å². The van der Waals surface area contributed by atoms with E-state index in [0.717, 1.165) is 12.1 Å². The largest absolute Gasteiger partial charge is 0.416 e. The molecule has 0 unspecified atom stereocenters. The van der Waals surface area contributed by atoms with Crippen LogP contribution in [0, 0.1) is 0 Å². The third kappa shape index (κ3) is 5.63. The van der Waals surface area contributed by atoms with E-state index in [4.69, 9.17) is 46.4 Å². The fourth-order valence-electron chi connectivity index (χ4n) is 3.20. The second-order valence-electron chi connectivity index (χ2n) is 6.98. The summed E-state index contributed by atoms with van der Waals surface area (Å²) in [6.45, 7) is 0.212. The van der Waals surface area contributed by atoms with E-state index in [1.165, 1.54) is 27.4 Å². The predicted molar refractivity (Wildman–Crippen MR) is 117 cm³/mol. The number of amides is 1. The van der Waals surface area contributed by atoms with Crippen LogP contribution in [0.5, 0.6) is 0 Å². The number of rotatable bonds is 4. The lowest BCUT2D eigenvalue weighted by Crippen LogP contribution is -2.50. The Hall–Kier alpha value is -1.23. The number of carbonyl (C=O) groups excluding carboxylic acids is 1. The van der Waals surface area contributed by atoms with Crippen molar-refractivity contribution in [2.24, 2.45) is 0 Å². The molecule has 0 N–H and O–H groups in total. The monoisotopic (exact) mass is 548 g/mol. The fraction of sp³-hybridized carbons (Fsp3) is 0.316. The van der Waals surface area contributed by atoms with Gasteiger partial charge in [0.15, 0.2) is 0 Å². The first kappa shape index (κ1) is 25.4. The highest BCUT2D eigenvalue weighted by molar-refractivity contribution is 7.89. The zero-order valence-electron chi connectivity index (χ0n) is 16.1. The highest BCUT2D eigenvalue weighted by Crippen LogP contribution is 2.36. The zero-order valence-corrected chi connectivity index (χ0v) is 19.9. The molecular formula is C19H15Cl4F3N2O3S. The van der Waals surface area contributed by atoms with E-state index in [1.54, 1.807) is 0 Å². The molecule has 1 amide bonds. The van der Waals surface area contributed by atoms with Crippen LogP contribution < -0.4 is 0 Å². The third-order valence-corrected chi connectivity index (χ3v) is 7.85. The van der Waals surface area contributed by atoms with Crippen molar-refractivity contribution in [3.05, 3.63) is 61.5 Å². The van der Waals surface area contributed by atoms with E-state index >= 15 is 0 Å². The van der Waals surface area contributed by atoms with Crippen molar-refractivity contribution in [1.82, 2.24) is 9.21 Å². The quantitative estimate of drug-likeness (QED) is 0.513. The molecule has 0 aliphatic carbocycles. The molecule has 13 heteroatoms. The van der Waals surface area contributed by atoms with Crippen molar-refractivity contribution in [3.8, 4) is 0 Å². The van der Waals surface area contributed by atoms with Crippen LogP contribution in [0.2, 0.25) is 20.1 Å². The molecule has 174 valence electrons. The molecule has 1 saturated heterocycles. The first-order valence-electron chi connectivity index (χ1n) is 9.08. The van der Waals surface area contributed by atoms with Gasteiger partial charge in [0, 0.05) is 46.3 Å². The molecule has 5 nitrogen and oxygen atoms in total. The maximum atomic E-state index is 12.9. The maximum Gasteiger partial charge on any atom is 0.416 e. The Bertz CT molecular complexity index is 1110. The predicted octanol–water partition coefficient (Wildman–Crippen LogP) is 5.39. The molecule has 0 radical (unpaired) electrons. The number of alkyl halides is 3. The minimum absolute atomic E-state index is 0.0205. The Morgan fingerprint density at radius 2 is 1.38 bits per heavy atom. The van der Waals surface area contributed by atoms with Crippen molar-refractivity contribution < 1.29 is 26.4 Å². The van der Waals surface area contributed by atoms with Crippen LogP contribution in [0.25, 0.3) is 0 Å². The molecule has 0 spiro atoms. The number of benzene rings is 2. The SMILES string of the molecule is O=C(Cc1c(Cl)cc(C(F)(F)F)cc1Cl)N1CCN(S(=O)(=O)c2cc(Cl)cc(Cl)c2)CC1. The van der Waals surface area contributed by atoms with Gasteiger partial charge in [-0.05, 0) is 35.9 Å². The molecule has 1 aliphatic heterocycles. The van der Waals surface area contributed by atoms with E-state index in [0.29, 0.717) is 0 Å². The molecule has 0 saturated carbocycles. The summed E-state index contributed by atoms with van der Waals surface area (Å²) < 4.78 is 65.5. The number of hydrogen-bond acceptors (Lipinski definition) is 3. The smallest absolute Gasteiger partial charge is 0.340 e. The maximum absolute atomic E-state index is 12.9. The second kappa shape index (κ2) is 9.56. The highest BCUT2D eigenvalue weighted by Gasteiger charge is 2.33. The average molecular weight is 550 g/mol. The fourth-order valence-corrected chi connectivity index (χ4v) is 5.97. The van der Waals surface area contributed by atoms with Gasteiger partial charge in [-0.25, -0.2) is 8.42 Å². The van der Waals surface area contributed by atoms with E-state index in [1.807, 2.05) is 0 Å². The number of hydrogen-bond donors (Lipinski definition) is 0. The van der Waals surface area contributed by atoms with Gasteiger partial charge in [0.1, 0.15) is 0 Å². The lowest BCUT2D eigenvalue weighted by Gasteiger charge is -2.34. The first-order chi connectivity index (χ1) is 14.8. The van der Waals surface area contributed by atoms with Gasteiger partial charge in [-0.1, -0.05) is 46.4 Å². The zero-order chi connectivity index (χ0) is 23.8. The van der Waals surface area contributed by atoms with E-state index in [-0.39, 0.29) is 63.1 Å². The van der Waals surface area contributed by atoms with Crippen LogP contribution in [0.15, 0.2) is 35.2 Å². The van der Waals surface area contributed by atoms with Gasteiger partial charge in [0.05, 0.1) is 16.9 Å². The molecule has 32 heavy (non-hydrogen) atoms. The molecule has 3 rings (SSSR count). The van der Waals surface area contributed by atoms with Gasteiger partial charge in [0.2, 0.25) is 15.9 Å². The Morgan fingerprint density at radius 3 is 1.84 bits per heavy atom. The number of piperazine rings is 1. The summed E-state index contributed by atoms with van der Waals surface area (Å²) in [7, 11) is -3.87. The molecule has 2 aromatic carbocycles. The Balaban J connectivity index is 1.69. The van der Waals surface area contributed by atoms with E-state index < -0.39 is 27.7 Å². The minimum Gasteiger partial charge on any atom is -0.340 e. The van der Waals surface area contributed by atoms with Crippen LogP contribution >= 0.6 is 46.4 Å². The summed E-state index contributed by atoms with van der Waals surface area (Å²) in [6.07, 6.45) is -4.93. The second-order valence-corrected chi connectivity index (χ2v) is 10.6. The summed E-state index contributed by atoms with van der Waals surface area (Å²) >= 11 is 23.7. The lowest BCUT2D eigenvalue weighted by molar-refractivity contribution is -0.137. The van der Waals surface area contributed by atoms with Crippen LogP contribution in [0.4, 0.5) is 13.2 Å². The minimum atomic E-state index is -4.62. The number of halogens is 7. The van der Waals surface area contributed by atoms with Crippen molar-refractivity contribution in [2.45, 2.75) is 17.5 Å². The summed E-state index contributed by atoms with van der Waals surface area (Å²) in [6, 6.07) is 5.42. The molecular weight excluding hydrogens is 535 g/mol. The van der Waals surface area contributed by atoms with Gasteiger partial charge >= 0.3 is 6.18 Å². The lowest BCUT2D eigenvalue weighted by atomic mass is 10.1. The van der Waals surface area contributed by atoms with Gasteiger partial charge in [0.25, 0.3) is 0 Å². The molecule has 1 aliphatic rings. The van der Waals surface area contributed by atoms with Gasteiger partial charge in [-0.3, -0.25) is 4.79 Å². The normalized spacial score (nSPS) is 15.8. The van der Waals surface area contributed by atoms with Crippen LogP contribution in [0.3, 0.4) is 0 Å². The highest BCUT2D eigenvalue weighted by atomic mass is 35.5. The number of sulfonamides is 1. The van der Waals surface area contributed by atoms with E-state index in [9.17, 15) is 26.4 Å². The Morgan fingerprint density at radius 1 is 0.875 bits per heavy atom. The Kier molecular flexibility index (Phi) is 7.59. The molecule has 1 heterocycles. The first-order valence-corrected chi connectivity index (χ1v) is 12.0.